The highest BCUT2D eigenvalue weighted by atomic mass is 35.5. The van der Waals surface area contributed by atoms with Crippen molar-refractivity contribution in [3.63, 3.8) is 0 Å². The van der Waals surface area contributed by atoms with Crippen molar-refractivity contribution in [2.75, 3.05) is 6.61 Å². The number of aliphatic hydroxyl groups is 1. The summed E-state index contributed by atoms with van der Waals surface area (Å²) in [4.78, 5) is 0. The third-order valence-corrected chi connectivity index (χ3v) is 2.47. The minimum absolute atomic E-state index is 0.576. The van der Waals surface area contributed by atoms with Gasteiger partial charge in [0.25, 0.3) is 0 Å². The highest BCUT2D eigenvalue weighted by Gasteiger charge is 2.09. The van der Waals surface area contributed by atoms with Crippen LogP contribution in [0.3, 0.4) is 0 Å². The Morgan fingerprint density at radius 3 is 2.94 bits per heavy atom. The summed E-state index contributed by atoms with van der Waals surface area (Å²) < 4.78 is 5.59. The second-order valence-electron chi connectivity index (χ2n) is 3.64. The minimum Gasteiger partial charge on any atom is -0.493 e. The monoisotopic (exact) mass is 240 g/mol. The fourth-order valence-corrected chi connectivity index (χ4v) is 1.57. The van der Waals surface area contributed by atoms with Crippen LogP contribution < -0.4 is 4.74 Å². The maximum atomic E-state index is 9.58. The molecule has 0 aliphatic carbocycles. The number of ether oxygens (including phenoxy) is 1. The molecule has 0 saturated heterocycles. The number of rotatable bonds is 6. The van der Waals surface area contributed by atoms with Gasteiger partial charge in [-0.05, 0) is 38.0 Å². The Balaban J connectivity index is 2.67. The Morgan fingerprint density at radius 2 is 2.31 bits per heavy atom. The predicted molar refractivity (Wildman–Crippen MR) is 67.0 cm³/mol. The molecule has 0 radical (unpaired) electrons. The van der Waals surface area contributed by atoms with E-state index in [9.17, 15) is 5.11 Å². The summed E-state index contributed by atoms with van der Waals surface area (Å²) >= 11 is 5.86. The number of hydrogen-bond acceptors (Lipinski definition) is 2. The van der Waals surface area contributed by atoms with Crippen molar-refractivity contribution in [1.29, 1.82) is 0 Å². The normalized spacial score (nSPS) is 12.2. The predicted octanol–water partition coefficient (Wildman–Crippen LogP) is 3.74. The van der Waals surface area contributed by atoms with Gasteiger partial charge in [0, 0.05) is 10.6 Å². The van der Waals surface area contributed by atoms with Crippen LogP contribution >= 0.6 is 11.6 Å². The quantitative estimate of drug-likeness (QED) is 0.606. The number of hydrogen-bond donors (Lipinski definition) is 1. The molecule has 3 heteroatoms. The average molecular weight is 241 g/mol. The van der Waals surface area contributed by atoms with E-state index in [1.54, 1.807) is 25.1 Å². The molecule has 0 aliphatic heterocycles. The average Bonchev–Trinajstić information content (AvgIpc) is 2.26. The van der Waals surface area contributed by atoms with Crippen LogP contribution in [0.4, 0.5) is 0 Å². The van der Waals surface area contributed by atoms with Crippen LogP contribution in [0.1, 0.15) is 31.4 Å². The zero-order valence-electron chi connectivity index (χ0n) is 9.45. The van der Waals surface area contributed by atoms with E-state index in [4.69, 9.17) is 16.3 Å². The molecular formula is C13H17ClO2. The van der Waals surface area contributed by atoms with Crippen LogP contribution in [0.5, 0.6) is 5.75 Å². The maximum Gasteiger partial charge on any atom is 0.125 e. The van der Waals surface area contributed by atoms with E-state index >= 15 is 0 Å². The van der Waals surface area contributed by atoms with Crippen molar-refractivity contribution in [1.82, 2.24) is 0 Å². The SMILES string of the molecule is C=CCCCOc1ccc(Cl)cc1[C@@H](C)O. The molecule has 1 N–H and O–H groups in total. The molecule has 0 fully saturated rings. The van der Waals surface area contributed by atoms with Gasteiger partial charge in [-0.15, -0.1) is 6.58 Å². The molecule has 0 heterocycles. The molecule has 1 rings (SSSR count). The van der Waals surface area contributed by atoms with Gasteiger partial charge in [0.15, 0.2) is 0 Å². The molecule has 16 heavy (non-hydrogen) atoms. The number of halogens is 1. The van der Waals surface area contributed by atoms with E-state index in [0.717, 1.165) is 18.4 Å². The third kappa shape index (κ3) is 3.87. The summed E-state index contributed by atoms with van der Waals surface area (Å²) in [7, 11) is 0. The summed E-state index contributed by atoms with van der Waals surface area (Å²) in [6.07, 6.45) is 3.14. The van der Waals surface area contributed by atoms with Gasteiger partial charge >= 0.3 is 0 Å². The standard InChI is InChI=1S/C13H17ClO2/c1-3-4-5-8-16-13-7-6-11(14)9-12(13)10(2)15/h3,6-7,9-10,15H,1,4-5,8H2,2H3/t10-/m1/s1. The summed E-state index contributed by atoms with van der Waals surface area (Å²) in [6, 6.07) is 5.28. The highest BCUT2D eigenvalue weighted by Crippen LogP contribution is 2.28. The zero-order valence-corrected chi connectivity index (χ0v) is 10.2. The first-order chi connectivity index (χ1) is 7.65. The van der Waals surface area contributed by atoms with E-state index in [2.05, 4.69) is 6.58 Å². The van der Waals surface area contributed by atoms with Gasteiger partial charge in [-0.2, -0.15) is 0 Å². The van der Waals surface area contributed by atoms with E-state index < -0.39 is 6.10 Å². The fraction of sp³-hybridized carbons (Fsp3) is 0.385. The minimum atomic E-state index is -0.576. The molecule has 0 aromatic heterocycles. The first kappa shape index (κ1) is 13.1. The maximum absolute atomic E-state index is 9.58. The smallest absolute Gasteiger partial charge is 0.125 e. The molecule has 0 spiro atoms. The topological polar surface area (TPSA) is 29.5 Å². The molecule has 2 nitrogen and oxygen atoms in total. The van der Waals surface area contributed by atoms with Gasteiger partial charge in [0.1, 0.15) is 5.75 Å². The summed E-state index contributed by atoms with van der Waals surface area (Å²) in [5.74, 6) is 0.698. The molecule has 1 atom stereocenters. The number of aliphatic hydroxyl groups excluding tert-OH is 1. The van der Waals surface area contributed by atoms with Crippen molar-refractivity contribution in [3.05, 3.63) is 41.4 Å². The van der Waals surface area contributed by atoms with Crippen LogP contribution in [-0.2, 0) is 0 Å². The number of benzene rings is 1. The molecule has 1 aromatic carbocycles. The molecule has 0 unspecified atom stereocenters. The molecule has 1 aromatic rings. The van der Waals surface area contributed by atoms with E-state index in [1.165, 1.54) is 0 Å². The number of unbranched alkanes of at least 4 members (excludes halogenated alkanes) is 1. The highest BCUT2D eigenvalue weighted by molar-refractivity contribution is 6.30. The van der Waals surface area contributed by atoms with Crippen molar-refractivity contribution in [2.45, 2.75) is 25.9 Å². The fourth-order valence-electron chi connectivity index (χ4n) is 1.39. The zero-order chi connectivity index (χ0) is 12.0. The Bertz CT molecular complexity index is 348. The van der Waals surface area contributed by atoms with Crippen LogP contribution in [0.2, 0.25) is 5.02 Å². The van der Waals surface area contributed by atoms with Crippen molar-refractivity contribution in [3.8, 4) is 5.75 Å². The van der Waals surface area contributed by atoms with Gasteiger partial charge in [-0.1, -0.05) is 17.7 Å². The summed E-state index contributed by atoms with van der Waals surface area (Å²) in [5, 5.41) is 10.2. The van der Waals surface area contributed by atoms with E-state index in [1.807, 2.05) is 6.08 Å². The van der Waals surface area contributed by atoms with Gasteiger partial charge in [0.2, 0.25) is 0 Å². The first-order valence-corrected chi connectivity index (χ1v) is 5.74. The first-order valence-electron chi connectivity index (χ1n) is 5.36. The summed E-state index contributed by atoms with van der Waals surface area (Å²) in [6.45, 7) is 5.96. The third-order valence-electron chi connectivity index (χ3n) is 2.23. The molecule has 88 valence electrons. The largest absolute Gasteiger partial charge is 0.493 e. The lowest BCUT2D eigenvalue weighted by Gasteiger charge is -2.13. The van der Waals surface area contributed by atoms with Gasteiger partial charge in [0.05, 0.1) is 12.7 Å². The van der Waals surface area contributed by atoms with Gasteiger partial charge in [-0.25, -0.2) is 0 Å². The molecule has 0 saturated carbocycles. The second-order valence-corrected chi connectivity index (χ2v) is 4.07. The Morgan fingerprint density at radius 1 is 1.56 bits per heavy atom. The Labute approximate surface area is 102 Å². The second kappa shape index (κ2) is 6.56. The van der Waals surface area contributed by atoms with E-state index in [0.29, 0.717) is 17.4 Å². The van der Waals surface area contributed by atoms with Crippen LogP contribution in [-0.4, -0.2) is 11.7 Å². The van der Waals surface area contributed by atoms with Crippen molar-refractivity contribution < 1.29 is 9.84 Å². The lowest BCUT2D eigenvalue weighted by molar-refractivity contribution is 0.191. The Hall–Kier alpha value is -0.990. The molecule has 0 amide bonds. The van der Waals surface area contributed by atoms with Crippen molar-refractivity contribution >= 4 is 11.6 Å². The Kier molecular flexibility index (Phi) is 5.36. The van der Waals surface area contributed by atoms with Crippen LogP contribution in [0, 0.1) is 0 Å². The van der Waals surface area contributed by atoms with Crippen LogP contribution in [0.25, 0.3) is 0 Å². The lowest BCUT2D eigenvalue weighted by Crippen LogP contribution is -2.02. The molecule has 0 bridgehead atoms. The van der Waals surface area contributed by atoms with Gasteiger partial charge in [-0.3, -0.25) is 0 Å². The lowest BCUT2D eigenvalue weighted by atomic mass is 10.1. The molecule has 0 aliphatic rings. The van der Waals surface area contributed by atoms with E-state index in [-0.39, 0.29) is 0 Å². The molecular weight excluding hydrogens is 224 g/mol. The summed E-state index contributed by atoms with van der Waals surface area (Å²) in [5.41, 5.74) is 0.728. The van der Waals surface area contributed by atoms with Crippen molar-refractivity contribution in [2.24, 2.45) is 0 Å². The van der Waals surface area contributed by atoms with Gasteiger partial charge < -0.3 is 9.84 Å². The number of allylic oxidation sites excluding steroid dienone is 1. The van der Waals surface area contributed by atoms with Crippen LogP contribution in [0.15, 0.2) is 30.9 Å².